The van der Waals surface area contributed by atoms with E-state index in [1.165, 1.54) is 0 Å². The number of hydrogen-bond donors (Lipinski definition) is 1. The molecule has 3 aromatic rings. The molecule has 1 saturated heterocycles. The van der Waals surface area contributed by atoms with Gasteiger partial charge in [-0.15, -0.1) is 0 Å². The van der Waals surface area contributed by atoms with Gasteiger partial charge in [0, 0.05) is 19.1 Å². The Bertz CT molecular complexity index is 1060. The standard InChI is InChI=1S/C21H24N4O2S/c1-16-21(24-20-10-6-5-9-19(20)22-16)23-18-11-13-25(14-12-18)28(26,27)15-17-7-3-2-4-8-17/h2-10,18H,11-15H2,1H3,(H,23,24). The van der Waals surface area contributed by atoms with E-state index in [1.807, 2.05) is 61.5 Å². The van der Waals surface area contributed by atoms with E-state index in [-0.39, 0.29) is 11.8 Å². The highest BCUT2D eigenvalue weighted by Gasteiger charge is 2.28. The number of aromatic nitrogens is 2. The smallest absolute Gasteiger partial charge is 0.218 e. The van der Waals surface area contributed by atoms with E-state index >= 15 is 0 Å². The highest BCUT2D eigenvalue weighted by Crippen LogP contribution is 2.22. The average Bonchev–Trinajstić information content (AvgIpc) is 2.69. The van der Waals surface area contributed by atoms with Crippen LogP contribution in [0.5, 0.6) is 0 Å². The first-order valence-electron chi connectivity index (χ1n) is 9.53. The monoisotopic (exact) mass is 396 g/mol. The number of para-hydroxylation sites is 2. The summed E-state index contributed by atoms with van der Waals surface area (Å²) < 4.78 is 27.0. The topological polar surface area (TPSA) is 75.2 Å². The van der Waals surface area contributed by atoms with Gasteiger partial charge in [-0.25, -0.2) is 22.7 Å². The van der Waals surface area contributed by atoms with Gasteiger partial charge < -0.3 is 5.32 Å². The molecular weight excluding hydrogens is 372 g/mol. The summed E-state index contributed by atoms with van der Waals surface area (Å²) in [5, 5.41) is 3.47. The van der Waals surface area contributed by atoms with Crippen molar-refractivity contribution in [1.82, 2.24) is 14.3 Å². The zero-order valence-electron chi connectivity index (χ0n) is 15.9. The molecule has 0 bridgehead atoms. The summed E-state index contributed by atoms with van der Waals surface area (Å²) >= 11 is 0. The van der Waals surface area contributed by atoms with Gasteiger partial charge >= 0.3 is 0 Å². The van der Waals surface area contributed by atoms with Crippen molar-refractivity contribution in [2.75, 3.05) is 18.4 Å². The Morgan fingerprint density at radius 3 is 2.25 bits per heavy atom. The summed E-state index contributed by atoms with van der Waals surface area (Å²) in [5.41, 5.74) is 3.42. The van der Waals surface area contributed by atoms with Crippen LogP contribution in [-0.4, -0.2) is 41.8 Å². The number of hydrogen-bond acceptors (Lipinski definition) is 5. The largest absolute Gasteiger partial charge is 0.366 e. The van der Waals surface area contributed by atoms with E-state index in [4.69, 9.17) is 0 Å². The van der Waals surface area contributed by atoms with Gasteiger partial charge in [0.15, 0.2) is 0 Å². The van der Waals surface area contributed by atoms with Gasteiger partial charge in [0.05, 0.1) is 22.5 Å². The minimum atomic E-state index is -3.29. The number of fused-ring (bicyclic) bond motifs is 1. The molecule has 1 aliphatic heterocycles. The predicted octanol–water partition coefficient (Wildman–Crippen LogP) is 3.34. The Hall–Kier alpha value is -2.51. The molecule has 0 saturated carbocycles. The van der Waals surface area contributed by atoms with E-state index in [0.717, 1.165) is 41.0 Å². The molecule has 6 nitrogen and oxygen atoms in total. The number of sulfonamides is 1. The Morgan fingerprint density at radius 1 is 0.964 bits per heavy atom. The molecule has 0 amide bonds. The molecular formula is C21H24N4O2S. The van der Waals surface area contributed by atoms with Crippen molar-refractivity contribution >= 4 is 26.9 Å². The Kier molecular flexibility index (Phi) is 5.28. The molecule has 4 rings (SSSR count). The molecule has 2 aromatic carbocycles. The minimum absolute atomic E-state index is 0.0567. The molecule has 28 heavy (non-hydrogen) atoms. The van der Waals surface area contributed by atoms with Crippen LogP contribution in [0.1, 0.15) is 24.1 Å². The van der Waals surface area contributed by atoms with Gasteiger partial charge in [-0.05, 0) is 37.5 Å². The average molecular weight is 397 g/mol. The van der Waals surface area contributed by atoms with Crippen LogP contribution >= 0.6 is 0 Å². The summed E-state index contributed by atoms with van der Waals surface area (Å²) in [5.74, 6) is 0.838. The summed E-state index contributed by atoms with van der Waals surface area (Å²) in [4.78, 5) is 9.30. The van der Waals surface area contributed by atoms with Crippen LogP contribution in [0.15, 0.2) is 54.6 Å². The first kappa shape index (κ1) is 18.8. The first-order chi connectivity index (χ1) is 13.5. The van der Waals surface area contributed by atoms with E-state index in [2.05, 4.69) is 15.3 Å². The Morgan fingerprint density at radius 2 is 1.57 bits per heavy atom. The van der Waals surface area contributed by atoms with Crippen molar-refractivity contribution in [3.8, 4) is 0 Å². The Balaban J connectivity index is 1.40. The lowest BCUT2D eigenvalue weighted by atomic mass is 10.1. The number of anilines is 1. The van der Waals surface area contributed by atoms with E-state index in [0.29, 0.717) is 13.1 Å². The molecule has 1 fully saturated rings. The normalized spacial score (nSPS) is 16.3. The zero-order valence-corrected chi connectivity index (χ0v) is 16.7. The fourth-order valence-electron chi connectivity index (χ4n) is 3.57. The molecule has 1 aromatic heterocycles. The molecule has 0 unspecified atom stereocenters. The maximum atomic E-state index is 12.7. The second-order valence-electron chi connectivity index (χ2n) is 7.21. The second kappa shape index (κ2) is 7.85. The highest BCUT2D eigenvalue weighted by molar-refractivity contribution is 7.88. The lowest BCUT2D eigenvalue weighted by molar-refractivity contribution is 0.329. The van der Waals surface area contributed by atoms with Crippen LogP contribution in [0, 0.1) is 6.92 Å². The molecule has 2 heterocycles. The van der Waals surface area contributed by atoms with Gasteiger partial charge in [0.1, 0.15) is 5.82 Å². The predicted molar refractivity (Wildman–Crippen MR) is 112 cm³/mol. The minimum Gasteiger partial charge on any atom is -0.366 e. The number of benzene rings is 2. The molecule has 0 atom stereocenters. The van der Waals surface area contributed by atoms with Crippen molar-refractivity contribution in [3.63, 3.8) is 0 Å². The molecule has 146 valence electrons. The van der Waals surface area contributed by atoms with E-state index in [1.54, 1.807) is 4.31 Å². The maximum absolute atomic E-state index is 12.7. The number of aryl methyl sites for hydroxylation is 1. The van der Waals surface area contributed by atoms with Gasteiger partial charge in [-0.2, -0.15) is 0 Å². The van der Waals surface area contributed by atoms with Crippen LogP contribution in [0.4, 0.5) is 5.82 Å². The van der Waals surface area contributed by atoms with Crippen molar-refractivity contribution in [2.24, 2.45) is 0 Å². The summed E-state index contributed by atoms with van der Waals surface area (Å²) in [6.45, 7) is 2.99. The number of nitrogens with one attached hydrogen (secondary N) is 1. The fraction of sp³-hybridized carbons (Fsp3) is 0.333. The first-order valence-corrected chi connectivity index (χ1v) is 11.1. The fourth-order valence-corrected chi connectivity index (χ4v) is 5.14. The Labute approximate surface area is 165 Å². The van der Waals surface area contributed by atoms with Crippen molar-refractivity contribution in [2.45, 2.75) is 31.6 Å². The van der Waals surface area contributed by atoms with E-state index in [9.17, 15) is 8.42 Å². The van der Waals surface area contributed by atoms with Crippen molar-refractivity contribution < 1.29 is 8.42 Å². The van der Waals surface area contributed by atoms with Crippen molar-refractivity contribution in [3.05, 3.63) is 65.9 Å². The number of piperidine rings is 1. The molecule has 0 spiro atoms. The van der Waals surface area contributed by atoms with Gasteiger partial charge in [-0.1, -0.05) is 42.5 Å². The summed E-state index contributed by atoms with van der Waals surface area (Å²) in [6, 6.07) is 17.3. The third kappa shape index (κ3) is 4.15. The molecule has 1 N–H and O–H groups in total. The molecule has 0 radical (unpaired) electrons. The van der Waals surface area contributed by atoms with Gasteiger partial charge in [0.25, 0.3) is 0 Å². The van der Waals surface area contributed by atoms with E-state index < -0.39 is 10.0 Å². The molecule has 0 aliphatic carbocycles. The summed E-state index contributed by atoms with van der Waals surface area (Å²) in [7, 11) is -3.29. The summed E-state index contributed by atoms with van der Waals surface area (Å²) in [6.07, 6.45) is 1.50. The maximum Gasteiger partial charge on any atom is 0.218 e. The lowest BCUT2D eigenvalue weighted by Gasteiger charge is -2.32. The second-order valence-corrected chi connectivity index (χ2v) is 9.17. The van der Waals surface area contributed by atoms with Crippen LogP contribution < -0.4 is 5.32 Å². The van der Waals surface area contributed by atoms with Crippen LogP contribution in [-0.2, 0) is 15.8 Å². The van der Waals surface area contributed by atoms with Gasteiger partial charge in [0.2, 0.25) is 10.0 Å². The quantitative estimate of drug-likeness (QED) is 0.716. The van der Waals surface area contributed by atoms with Crippen LogP contribution in [0.3, 0.4) is 0 Å². The third-order valence-corrected chi connectivity index (χ3v) is 6.97. The lowest BCUT2D eigenvalue weighted by Crippen LogP contribution is -2.43. The highest BCUT2D eigenvalue weighted by atomic mass is 32.2. The van der Waals surface area contributed by atoms with Crippen LogP contribution in [0.2, 0.25) is 0 Å². The zero-order chi connectivity index (χ0) is 19.6. The third-order valence-electron chi connectivity index (χ3n) is 5.12. The number of nitrogens with zero attached hydrogens (tertiary/aromatic N) is 3. The van der Waals surface area contributed by atoms with Crippen LogP contribution in [0.25, 0.3) is 11.0 Å². The van der Waals surface area contributed by atoms with Gasteiger partial charge in [-0.3, -0.25) is 0 Å². The van der Waals surface area contributed by atoms with Crippen molar-refractivity contribution in [1.29, 1.82) is 0 Å². The SMILES string of the molecule is Cc1nc2ccccc2nc1NC1CCN(S(=O)(=O)Cc2ccccc2)CC1. The molecule has 7 heteroatoms. The number of rotatable bonds is 5. The molecule has 1 aliphatic rings.